The fraction of sp³-hybridized carbons (Fsp3) is 0.500. The van der Waals surface area contributed by atoms with Crippen LogP contribution in [0.15, 0.2) is 30.3 Å². The van der Waals surface area contributed by atoms with Gasteiger partial charge in [0, 0.05) is 19.1 Å². The van der Waals surface area contributed by atoms with Crippen LogP contribution in [-0.2, 0) is 16.0 Å². The van der Waals surface area contributed by atoms with Gasteiger partial charge in [-0.15, -0.1) is 0 Å². The van der Waals surface area contributed by atoms with Crippen LogP contribution in [-0.4, -0.2) is 35.8 Å². The smallest absolute Gasteiger partial charge is 0.312 e. The molecule has 1 fully saturated rings. The number of likely N-dealkylation sites (tertiary alicyclic amines) is 1. The Morgan fingerprint density at radius 1 is 1.25 bits per heavy atom. The van der Waals surface area contributed by atoms with Gasteiger partial charge in [-0.3, -0.25) is 9.59 Å². The Morgan fingerprint density at radius 3 is 2.70 bits per heavy atom. The van der Waals surface area contributed by atoms with Crippen molar-refractivity contribution in [1.82, 2.24) is 10.2 Å². The van der Waals surface area contributed by atoms with E-state index in [1.165, 1.54) is 0 Å². The van der Waals surface area contributed by atoms with Gasteiger partial charge in [0.1, 0.15) is 0 Å². The summed E-state index contributed by atoms with van der Waals surface area (Å²) < 4.78 is 0. The molecule has 108 valence electrons. The minimum Gasteiger partial charge on any atom is -0.347 e. The first-order chi connectivity index (χ1) is 9.68. The quantitative estimate of drug-likeness (QED) is 0.854. The topological polar surface area (TPSA) is 49.4 Å². The summed E-state index contributed by atoms with van der Waals surface area (Å²) in [4.78, 5) is 25.6. The highest BCUT2D eigenvalue weighted by Gasteiger charge is 2.27. The minimum absolute atomic E-state index is 0.177. The van der Waals surface area contributed by atoms with Crippen molar-refractivity contribution in [1.29, 1.82) is 0 Å². The van der Waals surface area contributed by atoms with Crippen molar-refractivity contribution < 1.29 is 9.59 Å². The van der Waals surface area contributed by atoms with E-state index in [0.717, 1.165) is 31.2 Å². The molecule has 0 radical (unpaired) electrons. The lowest BCUT2D eigenvalue weighted by Crippen LogP contribution is -2.49. The first-order valence-electron chi connectivity index (χ1n) is 7.31. The Labute approximate surface area is 120 Å². The molecule has 1 aromatic carbocycles. The molecule has 0 spiro atoms. The summed E-state index contributed by atoms with van der Waals surface area (Å²) in [5.74, 6) is -0.861. The second-order valence-electron chi connectivity index (χ2n) is 5.33. The van der Waals surface area contributed by atoms with Gasteiger partial charge in [-0.1, -0.05) is 30.3 Å². The molecular formula is C16H22N2O2. The molecule has 1 aromatic rings. The van der Waals surface area contributed by atoms with Gasteiger partial charge in [0.15, 0.2) is 0 Å². The van der Waals surface area contributed by atoms with Gasteiger partial charge in [0.25, 0.3) is 0 Å². The number of rotatable bonds is 3. The zero-order valence-electron chi connectivity index (χ0n) is 12.0. The zero-order chi connectivity index (χ0) is 14.4. The number of hydrogen-bond acceptors (Lipinski definition) is 2. The number of nitrogens with one attached hydrogen (secondary N) is 1. The average Bonchev–Trinajstić information content (AvgIpc) is 2.48. The molecule has 1 atom stereocenters. The molecular weight excluding hydrogens is 252 g/mol. The number of piperidine rings is 1. The fourth-order valence-corrected chi connectivity index (χ4v) is 2.57. The van der Waals surface area contributed by atoms with Crippen molar-refractivity contribution >= 4 is 11.8 Å². The highest BCUT2D eigenvalue weighted by molar-refractivity contribution is 6.35. The molecule has 1 heterocycles. The number of hydrogen-bond donors (Lipinski definition) is 1. The fourth-order valence-electron chi connectivity index (χ4n) is 2.57. The predicted molar refractivity (Wildman–Crippen MR) is 78.2 cm³/mol. The average molecular weight is 274 g/mol. The van der Waals surface area contributed by atoms with Crippen LogP contribution in [0.5, 0.6) is 0 Å². The molecule has 4 heteroatoms. The molecule has 2 rings (SSSR count). The van der Waals surface area contributed by atoms with Crippen molar-refractivity contribution in [2.75, 3.05) is 13.1 Å². The number of amides is 2. The van der Waals surface area contributed by atoms with Gasteiger partial charge in [-0.05, 0) is 38.2 Å². The number of carbonyl (C=O) groups is 2. The molecule has 1 unspecified atom stereocenters. The number of carbonyl (C=O) groups excluding carboxylic acids is 2. The van der Waals surface area contributed by atoms with Gasteiger partial charge in [0.05, 0.1) is 0 Å². The maximum Gasteiger partial charge on any atom is 0.312 e. The van der Waals surface area contributed by atoms with Crippen LogP contribution in [0.3, 0.4) is 0 Å². The molecule has 20 heavy (non-hydrogen) atoms. The van der Waals surface area contributed by atoms with Gasteiger partial charge < -0.3 is 10.2 Å². The Hall–Kier alpha value is -1.84. The molecule has 2 amide bonds. The highest BCUT2D eigenvalue weighted by Crippen LogP contribution is 2.16. The molecule has 1 saturated heterocycles. The van der Waals surface area contributed by atoms with Crippen LogP contribution in [0, 0.1) is 0 Å². The molecule has 1 aliphatic rings. The Bertz CT molecular complexity index is 459. The van der Waals surface area contributed by atoms with E-state index < -0.39 is 5.91 Å². The summed E-state index contributed by atoms with van der Waals surface area (Å²) in [6, 6.07) is 10.1. The normalized spacial score (nSPS) is 18.6. The molecule has 0 bridgehead atoms. The maximum atomic E-state index is 12.1. The second kappa shape index (κ2) is 7.08. The highest BCUT2D eigenvalue weighted by atomic mass is 16.2. The molecule has 0 aromatic heterocycles. The van der Waals surface area contributed by atoms with Crippen molar-refractivity contribution in [2.45, 2.75) is 38.6 Å². The maximum absolute atomic E-state index is 12.1. The van der Waals surface area contributed by atoms with Crippen molar-refractivity contribution in [3.8, 4) is 0 Å². The van der Waals surface area contributed by atoms with E-state index in [2.05, 4.69) is 5.32 Å². The van der Waals surface area contributed by atoms with Crippen molar-refractivity contribution in [2.24, 2.45) is 0 Å². The summed E-state index contributed by atoms with van der Waals surface area (Å²) in [7, 11) is 0. The summed E-state index contributed by atoms with van der Waals surface area (Å²) in [5, 5.41) is 2.72. The standard InChI is InChI=1S/C16H22N2O2/c1-13-7-5-6-12-18(13)16(20)15(19)17-11-10-14-8-3-2-4-9-14/h2-4,8-9,13H,5-7,10-12H2,1H3,(H,17,19). The summed E-state index contributed by atoms with van der Waals surface area (Å²) >= 11 is 0. The molecule has 0 saturated carbocycles. The van der Waals surface area contributed by atoms with Crippen molar-refractivity contribution in [3.63, 3.8) is 0 Å². The lowest BCUT2D eigenvalue weighted by atomic mass is 10.0. The third kappa shape index (κ3) is 3.83. The molecule has 1 aliphatic heterocycles. The first-order valence-corrected chi connectivity index (χ1v) is 7.31. The summed E-state index contributed by atoms with van der Waals surface area (Å²) in [5.41, 5.74) is 1.16. The number of nitrogens with zero attached hydrogens (tertiary/aromatic N) is 1. The molecule has 0 aliphatic carbocycles. The zero-order valence-corrected chi connectivity index (χ0v) is 12.0. The molecule has 4 nitrogen and oxygen atoms in total. The van der Waals surface area contributed by atoms with Crippen LogP contribution in [0.25, 0.3) is 0 Å². The first kappa shape index (κ1) is 14.6. The predicted octanol–water partition coefficient (Wildman–Crippen LogP) is 1.75. The van der Waals surface area contributed by atoms with Crippen LogP contribution >= 0.6 is 0 Å². The largest absolute Gasteiger partial charge is 0.347 e. The third-order valence-corrected chi connectivity index (χ3v) is 3.80. The second-order valence-corrected chi connectivity index (χ2v) is 5.33. The van der Waals surface area contributed by atoms with Crippen LogP contribution in [0.1, 0.15) is 31.7 Å². The van der Waals surface area contributed by atoms with E-state index in [0.29, 0.717) is 13.1 Å². The Kier molecular flexibility index (Phi) is 5.16. The monoisotopic (exact) mass is 274 g/mol. The summed E-state index contributed by atoms with van der Waals surface area (Å²) in [6.45, 7) is 3.21. The van der Waals surface area contributed by atoms with Gasteiger partial charge >= 0.3 is 11.8 Å². The van der Waals surface area contributed by atoms with Crippen LogP contribution < -0.4 is 5.32 Å². The van der Waals surface area contributed by atoms with Crippen LogP contribution in [0.4, 0.5) is 0 Å². The van der Waals surface area contributed by atoms with Gasteiger partial charge in [0.2, 0.25) is 0 Å². The lowest BCUT2D eigenvalue weighted by Gasteiger charge is -2.32. The van der Waals surface area contributed by atoms with E-state index in [9.17, 15) is 9.59 Å². The van der Waals surface area contributed by atoms with Gasteiger partial charge in [-0.25, -0.2) is 0 Å². The molecule has 1 N–H and O–H groups in total. The van der Waals surface area contributed by atoms with E-state index >= 15 is 0 Å². The number of benzene rings is 1. The lowest BCUT2D eigenvalue weighted by molar-refractivity contribution is -0.148. The van der Waals surface area contributed by atoms with E-state index in [-0.39, 0.29) is 11.9 Å². The minimum atomic E-state index is -0.477. The van der Waals surface area contributed by atoms with Crippen molar-refractivity contribution in [3.05, 3.63) is 35.9 Å². The van der Waals surface area contributed by atoms with E-state index in [4.69, 9.17) is 0 Å². The Balaban J connectivity index is 1.78. The third-order valence-electron chi connectivity index (χ3n) is 3.80. The SMILES string of the molecule is CC1CCCCN1C(=O)C(=O)NCCc1ccccc1. The van der Waals surface area contributed by atoms with E-state index in [1.54, 1.807) is 4.90 Å². The Morgan fingerprint density at radius 2 is 2.00 bits per heavy atom. The van der Waals surface area contributed by atoms with Gasteiger partial charge in [-0.2, -0.15) is 0 Å². The van der Waals surface area contributed by atoms with E-state index in [1.807, 2.05) is 37.3 Å². The summed E-state index contributed by atoms with van der Waals surface area (Å²) in [6.07, 6.45) is 3.87. The van der Waals surface area contributed by atoms with Crippen LogP contribution in [0.2, 0.25) is 0 Å².